The van der Waals surface area contributed by atoms with Gasteiger partial charge in [-0.05, 0) is 24.3 Å². The van der Waals surface area contributed by atoms with Crippen LogP contribution in [0.25, 0.3) is 16.6 Å². The van der Waals surface area contributed by atoms with Crippen molar-refractivity contribution in [2.45, 2.75) is 6.54 Å². The van der Waals surface area contributed by atoms with Gasteiger partial charge in [-0.25, -0.2) is 9.48 Å². The first kappa shape index (κ1) is 14.1. The summed E-state index contributed by atoms with van der Waals surface area (Å²) in [4.78, 5) is 28.7. The van der Waals surface area contributed by atoms with Gasteiger partial charge in [-0.1, -0.05) is 24.3 Å². The highest BCUT2D eigenvalue weighted by atomic mass is 16.2. The van der Waals surface area contributed by atoms with Crippen LogP contribution in [0.15, 0.2) is 65.7 Å². The predicted molar refractivity (Wildman–Crippen MR) is 89.8 cm³/mol. The van der Waals surface area contributed by atoms with Crippen molar-refractivity contribution in [2.24, 2.45) is 0 Å². The fourth-order valence-electron chi connectivity index (χ4n) is 2.55. The molecule has 0 bridgehead atoms. The Morgan fingerprint density at radius 1 is 1.12 bits per heavy atom. The van der Waals surface area contributed by atoms with Gasteiger partial charge in [0.2, 0.25) is 5.91 Å². The Morgan fingerprint density at radius 3 is 2.83 bits per heavy atom. The lowest BCUT2D eigenvalue weighted by Crippen LogP contribution is -2.28. The van der Waals surface area contributed by atoms with Crippen molar-refractivity contribution in [3.05, 3.63) is 71.4 Å². The number of rotatable bonds is 3. The fourth-order valence-corrected chi connectivity index (χ4v) is 2.55. The van der Waals surface area contributed by atoms with Crippen LogP contribution in [0, 0.1) is 0 Å². The lowest BCUT2D eigenvalue weighted by molar-refractivity contribution is -0.117. The third-order valence-corrected chi connectivity index (χ3v) is 3.66. The number of hydrogen-bond acceptors (Lipinski definition) is 4. The van der Waals surface area contributed by atoms with Gasteiger partial charge in [0.05, 0.1) is 17.4 Å². The Morgan fingerprint density at radius 2 is 1.96 bits per heavy atom. The van der Waals surface area contributed by atoms with Gasteiger partial charge in [-0.3, -0.25) is 14.2 Å². The smallest absolute Gasteiger partial charge is 0.323 e. The van der Waals surface area contributed by atoms with Gasteiger partial charge in [0.15, 0.2) is 5.65 Å². The lowest BCUT2D eigenvalue weighted by atomic mass is 10.2. The molecule has 0 unspecified atom stereocenters. The van der Waals surface area contributed by atoms with Crippen molar-refractivity contribution in [3.8, 4) is 0 Å². The number of pyridine rings is 2. The molecule has 4 rings (SSSR count). The van der Waals surface area contributed by atoms with Crippen LogP contribution >= 0.6 is 0 Å². The molecule has 0 fully saturated rings. The molecule has 0 saturated carbocycles. The van der Waals surface area contributed by atoms with E-state index >= 15 is 0 Å². The third-order valence-electron chi connectivity index (χ3n) is 3.66. The minimum absolute atomic E-state index is 0.159. The molecule has 0 aliphatic rings. The third kappa shape index (κ3) is 2.52. The number of aromatic nitrogens is 4. The maximum absolute atomic E-state index is 12.2. The van der Waals surface area contributed by atoms with E-state index in [1.54, 1.807) is 30.6 Å². The molecule has 24 heavy (non-hydrogen) atoms. The first-order valence-corrected chi connectivity index (χ1v) is 7.39. The summed E-state index contributed by atoms with van der Waals surface area (Å²) in [7, 11) is 0. The maximum Gasteiger partial charge on any atom is 0.350 e. The topological polar surface area (TPSA) is 81.3 Å². The number of carbonyl (C=O) groups is 1. The van der Waals surface area contributed by atoms with Gasteiger partial charge >= 0.3 is 5.69 Å². The van der Waals surface area contributed by atoms with Crippen LogP contribution in [-0.4, -0.2) is 25.1 Å². The lowest BCUT2D eigenvalue weighted by Gasteiger charge is -2.05. The summed E-state index contributed by atoms with van der Waals surface area (Å²) < 4.78 is 2.53. The van der Waals surface area contributed by atoms with E-state index in [0.717, 1.165) is 15.6 Å². The summed E-state index contributed by atoms with van der Waals surface area (Å²) in [6.45, 7) is -0.159. The van der Waals surface area contributed by atoms with Gasteiger partial charge in [0.25, 0.3) is 0 Å². The second-order valence-electron chi connectivity index (χ2n) is 5.33. The zero-order chi connectivity index (χ0) is 16.5. The molecule has 4 aromatic rings. The number of amides is 1. The average molecular weight is 319 g/mol. The van der Waals surface area contributed by atoms with Crippen molar-refractivity contribution in [1.29, 1.82) is 0 Å². The summed E-state index contributed by atoms with van der Waals surface area (Å²) >= 11 is 0. The van der Waals surface area contributed by atoms with Crippen LogP contribution < -0.4 is 11.0 Å². The highest BCUT2D eigenvalue weighted by Gasteiger charge is 2.10. The van der Waals surface area contributed by atoms with Crippen LogP contribution in [0.1, 0.15) is 0 Å². The van der Waals surface area contributed by atoms with E-state index in [4.69, 9.17) is 0 Å². The number of nitrogens with one attached hydrogen (secondary N) is 1. The molecule has 0 atom stereocenters. The van der Waals surface area contributed by atoms with Crippen LogP contribution in [0.4, 0.5) is 5.69 Å². The second-order valence-corrected chi connectivity index (χ2v) is 5.33. The largest absolute Gasteiger partial charge is 0.350 e. The number of nitrogens with zero attached hydrogens (tertiary/aromatic N) is 4. The second kappa shape index (κ2) is 5.62. The molecule has 0 radical (unpaired) electrons. The molecule has 1 amide bonds. The Bertz CT molecular complexity index is 1110. The van der Waals surface area contributed by atoms with Gasteiger partial charge in [0, 0.05) is 11.6 Å². The fraction of sp³-hybridized carbons (Fsp3) is 0.0588. The summed E-state index contributed by atoms with van der Waals surface area (Å²) in [6, 6.07) is 14.7. The monoisotopic (exact) mass is 319 g/mol. The van der Waals surface area contributed by atoms with Gasteiger partial charge < -0.3 is 5.32 Å². The van der Waals surface area contributed by atoms with Crippen molar-refractivity contribution in [3.63, 3.8) is 0 Å². The Kier molecular flexibility index (Phi) is 3.31. The molecule has 0 spiro atoms. The molecule has 0 aliphatic carbocycles. The quantitative estimate of drug-likeness (QED) is 0.623. The predicted octanol–water partition coefficient (Wildman–Crippen LogP) is 1.68. The molecule has 1 N–H and O–H groups in total. The Balaban J connectivity index is 1.57. The minimum Gasteiger partial charge on any atom is -0.323 e. The molecule has 7 nitrogen and oxygen atoms in total. The van der Waals surface area contributed by atoms with Crippen LogP contribution in [0.3, 0.4) is 0 Å². The van der Waals surface area contributed by atoms with Gasteiger partial charge in [-0.2, -0.15) is 0 Å². The molecular weight excluding hydrogens is 306 g/mol. The average Bonchev–Trinajstić information content (AvgIpc) is 2.91. The highest BCUT2D eigenvalue weighted by Crippen LogP contribution is 2.15. The van der Waals surface area contributed by atoms with E-state index in [9.17, 15) is 9.59 Å². The number of carbonyl (C=O) groups excluding carboxylic acids is 1. The summed E-state index contributed by atoms with van der Waals surface area (Å²) in [5, 5.41) is 7.81. The van der Waals surface area contributed by atoms with Crippen LogP contribution in [-0.2, 0) is 11.3 Å². The first-order valence-electron chi connectivity index (χ1n) is 7.39. The number of hydrogen-bond donors (Lipinski definition) is 1. The van der Waals surface area contributed by atoms with Crippen LogP contribution in [0.2, 0.25) is 0 Å². The van der Waals surface area contributed by atoms with Crippen LogP contribution in [0.5, 0.6) is 0 Å². The van der Waals surface area contributed by atoms with Crippen molar-refractivity contribution in [1.82, 2.24) is 19.2 Å². The number of anilines is 1. The van der Waals surface area contributed by atoms with Gasteiger partial charge in [-0.15, -0.1) is 5.10 Å². The summed E-state index contributed by atoms with van der Waals surface area (Å²) in [5.41, 5.74) is 1.59. The molecule has 118 valence electrons. The van der Waals surface area contributed by atoms with Crippen molar-refractivity contribution < 1.29 is 4.79 Å². The molecular formula is C17H13N5O2. The first-order chi connectivity index (χ1) is 11.7. The standard InChI is InChI=1S/C17H13N5O2/c23-16(11-22-17(24)21-8-4-3-7-15(21)20-22)19-13-9-12-5-1-2-6-14(12)18-10-13/h1-10H,11H2,(H,19,23). The normalized spacial score (nSPS) is 11.0. The van der Waals surface area contributed by atoms with Gasteiger partial charge in [0.1, 0.15) is 6.54 Å². The van der Waals surface area contributed by atoms with Crippen molar-refractivity contribution >= 4 is 28.1 Å². The molecule has 0 aliphatic heterocycles. The number of benzene rings is 1. The summed E-state index contributed by atoms with van der Waals surface area (Å²) in [6.07, 6.45) is 3.21. The molecule has 3 aromatic heterocycles. The van der Waals surface area contributed by atoms with E-state index in [0.29, 0.717) is 11.3 Å². The SMILES string of the molecule is O=C(Cn1nc2ccccn2c1=O)Nc1cnc2ccccc2c1. The maximum atomic E-state index is 12.2. The summed E-state index contributed by atoms with van der Waals surface area (Å²) in [5.74, 6) is -0.336. The molecule has 7 heteroatoms. The van der Waals surface area contributed by atoms with E-state index in [2.05, 4.69) is 15.4 Å². The zero-order valence-corrected chi connectivity index (χ0v) is 12.6. The zero-order valence-electron chi connectivity index (χ0n) is 12.6. The van der Waals surface area contributed by atoms with E-state index in [-0.39, 0.29) is 18.1 Å². The number of para-hydroxylation sites is 1. The Hall–Kier alpha value is -3.48. The molecule has 3 heterocycles. The van der Waals surface area contributed by atoms with Crippen molar-refractivity contribution in [2.75, 3.05) is 5.32 Å². The molecule has 1 aromatic carbocycles. The molecule has 0 saturated heterocycles. The minimum atomic E-state index is -0.350. The van der Waals surface area contributed by atoms with E-state index < -0.39 is 0 Å². The number of fused-ring (bicyclic) bond motifs is 2. The highest BCUT2D eigenvalue weighted by molar-refractivity contribution is 5.92. The van der Waals surface area contributed by atoms with E-state index in [1.165, 1.54) is 4.40 Å². The van der Waals surface area contributed by atoms with E-state index in [1.807, 2.05) is 30.3 Å². The Labute approximate surface area is 136 Å².